The summed E-state index contributed by atoms with van der Waals surface area (Å²) in [4.78, 5) is 10.1. The predicted molar refractivity (Wildman–Crippen MR) is 93.9 cm³/mol. The van der Waals surface area contributed by atoms with Crippen LogP contribution < -0.4 is 9.46 Å². The summed E-state index contributed by atoms with van der Waals surface area (Å²) in [6.07, 6.45) is 4.21. The number of ether oxygens (including phenoxy) is 1. The highest BCUT2D eigenvalue weighted by Crippen LogP contribution is 2.44. The summed E-state index contributed by atoms with van der Waals surface area (Å²) in [5.41, 5.74) is -0.538. The van der Waals surface area contributed by atoms with Crippen molar-refractivity contribution < 1.29 is 18.1 Å². The van der Waals surface area contributed by atoms with Crippen molar-refractivity contribution in [2.45, 2.75) is 49.1 Å². The quantitative estimate of drug-likeness (QED) is 0.535. The Bertz CT molecular complexity index is 995. The zero-order valence-corrected chi connectivity index (χ0v) is 15.5. The number of nitrogens with one attached hydrogen (secondary N) is 1. The van der Waals surface area contributed by atoms with E-state index >= 15 is 0 Å². The Kier molecular flexibility index (Phi) is 4.35. The lowest BCUT2D eigenvalue weighted by Gasteiger charge is -2.10. The number of nitro groups is 1. The van der Waals surface area contributed by atoms with Crippen molar-refractivity contribution in [3.63, 3.8) is 0 Å². The van der Waals surface area contributed by atoms with E-state index in [0.29, 0.717) is 17.8 Å². The Morgan fingerprint density at radius 3 is 2.63 bits per heavy atom. The summed E-state index contributed by atoms with van der Waals surface area (Å²) in [7, 11) is -2.75. The largest absolute Gasteiger partial charge is 0.497 e. The van der Waals surface area contributed by atoms with Crippen LogP contribution in [0.3, 0.4) is 0 Å². The molecular formula is C16H19N5O5S. The van der Waals surface area contributed by atoms with Crippen LogP contribution in [0.1, 0.15) is 49.3 Å². The van der Waals surface area contributed by atoms with E-state index in [1.165, 1.54) is 19.2 Å². The van der Waals surface area contributed by atoms with Crippen molar-refractivity contribution in [1.82, 2.24) is 19.5 Å². The third kappa shape index (κ3) is 3.52. The van der Waals surface area contributed by atoms with Gasteiger partial charge in [0.1, 0.15) is 17.4 Å². The molecule has 0 aliphatic heterocycles. The summed E-state index contributed by atoms with van der Waals surface area (Å²) >= 11 is 0. The van der Waals surface area contributed by atoms with Crippen LogP contribution >= 0.6 is 0 Å². The summed E-state index contributed by atoms with van der Waals surface area (Å²) < 4.78 is 34.7. The molecule has 1 aromatic heterocycles. The molecule has 2 aliphatic rings. The number of benzene rings is 1. The van der Waals surface area contributed by atoms with Crippen LogP contribution in [0, 0.1) is 10.1 Å². The highest BCUT2D eigenvalue weighted by atomic mass is 32.2. The Balaban J connectivity index is 1.59. The molecule has 0 bridgehead atoms. The summed E-state index contributed by atoms with van der Waals surface area (Å²) in [6.45, 7) is -0.0677. The monoisotopic (exact) mass is 393 g/mol. The van der Waals surface area contributed by atoms with Crippen molar-refractivity contribution in [3.8, 4) is 5.75 Å². The van der Waals surface area contributed by atoms with E-state index in [0.717, 1.165) is 37.6 Å². The van der Waals surface area contributed by atoms with Gasteiger partial charge in [-0.15, -0.1) is 10.2 Å². The van der Waals surface area contributed by atoms with Gasteiger partial charge in [-0.1, -0.05) is 0 Å². The minimum Gasteiger partial charge on any atom is -0.497 e. The van der Waals surface area contributed by atoms with Gasteiger partial charge in [0.15, 0.2) is 4.90 Å². The number of hydrogen-bond acceptors (Lipinski definition) is 7. The molecule has 1 aromatic carbocycles. The first kappa shape index (κ1) is 17.9. The third-order valence-electron chi connectivity index (χ3n) is 4.72. The number of aromatic nitrogens is 3. The number of methoxy groups -OCH3 is 1. The van der Waals surface area contributed by atoms with E-state index in [9.17, 15) is 18.5 Å². The van der Waals surface area contributed by atoms with Crippen LogP contribution in [-0.4, -0.2) is 35.2 Å². The average molecular weight is 393 g/mol. The highest BCUT2D eigenvalue weighted by molar-refractivity contribution is 7.89. The molecule has 2 aromatic rings. The van der Waals surface area contributed by atoms with Gasteiger partial charge in [0.25, 0.3) is 5.69 Å². The van der Waals surface area contributed by atoms with Crippen molar-refractivity contribution in [2.75, 3.05) is 7.11 Å². The number of nitrogens with zero attached hydrogens (tertiary/aromatic N) is 4. The zero-order valence-electron chi connectivity index (χ0n) is 14.7. The Morgan fingerprint density at radius 2 is 2.04 bits per heavy atom. The van der Waals surface area contributed by atoms with Gasteiger partial charge in [-0.25, -0.2) is 13.1 Å². The molecule has 0 spiro atoms. The topological polar surface area (TPSA) is 129 Å². The van der Waals surface area contributed by atoms with Gasteiger partial charge in [-0.05, 0) is 37.8 Å². The highest BCUT2D eigenvalue weighted by Gasteiger charge is 2.36. The van der Waals surface area contributed by atoms with E-state index in [-0.39, 0.29) is 12.3 Å². The normalized spacial score (nSPS) is 17.1. The smallest absolute Gasteiger partial charge is 0.293 e. The standard InChI is InChI=1S/C16H19N5O5S/c1-26-12-6-7-14(13(8-12)21(22)23)27(24,25)17-9-15-18-19-16(10-2-3-10)20(15)11-4-5-11/h6-8,10-11,17H,2-5,9H2,1H3. The second kappa shape index (κ2) is 6.57. The zero-order chi connectivity index (χ0) is 19.2. The van der Waals surface area contributed by atoms with Crippen LogP contribution in [0.4, 0.5) is 5.69 Å². The van der Waals surface area contributed by atoms with E-state index < -0.39 is 25.5 Å². The molecule has 2 saturated carbocycles. The predicted octanol–water partition coefficient (Wildman–Crippen LogP) is 1.89. The Hall–Kier alpha value is -2.53. The molecule has 2 aliphatic carbocycles. The molecule has 27 heavy (non-hydrogen) atoms. The minimum atomic E-state index is -4.10. The summed E-state index contributed by atoms with van der Waals surface area (Å²) in [5, 5.41) is 19.7. The Morgan fingerprint density at radius 1 is 1.30 bits per heavy atom. The summed E-state index contributed by atoms with van der Waals surface area (Å²) in [6, 6.07) is 3.96. The van der Waals surface area contributed by atoms with Crippen LogP contribution in [0.5, 0.6) is 5.75 Å². The molecule has 4 rings (SSSR count). The fourth-order valence-electron chi connectivity index (χ4n) is 3.04. The molecule has 10 nitrogen and oxygen atoms in total. The van der Waals surface area contributed by atoms with Crippen LogP contribution in [0.2, 0.25) is 0 Å². The lowest BCUT2D eigenvalue weighted by Crippen LogP contribution is -2.26. The maximum Gasteiger partial charge on any atom is 0.293 e. The molecule has 144 valence electrons. The first-order valence-electron chi connectivity index (χ1n) is 8.66. The minimum absolute atomic E-state index is 0.0677. The van der Waals surface area contributed by atoms with Gasteiger partial charge in [0.05, 0.1) is 24.6 Å². The van der Waals surface area contributed by atoms with Gasteiger partial charge >= 0.3 is 0 Å². The molecule has 0 saturated heterocycles. The molecule has 0 radical (unpaired) electrons. The number of sulfonamides is 1. The lowest BCUT2D eigenvalue weighted by molar-refractivity contribution is -0.387. The molecule has 1 N–H and O–H groups in total. The number of nitro benzene ring substituents is 1. The van der Waals surface area contributed by atoms with Crippen molar-refractivity contribution >= 4 is 15.7 Å². The Labute approximate surface area is 155 Å². The average Bonchev–Trinajstić information content (AvgIpc) is 3.58. The van der Waals surface area contributed by atoms with Gasteiger partial charge in [0.2, 0.25) is 10.0 Å². The number of rotatable bonds is 8. The molecule has 11 heteroatoms. The third-order valence-corrected chi connectivity index (χ3v) is 6.17. The SMILES string of the molecule is COc1ccc(S(=O)(=O)NCc2nnc(C3CC3)n2C2CC2)c([N+](=O)[O-])c1. The second-order valence-corrected chi connectivity index (χ2v) is 8.50. The van der Waals surface area contributed by atoms with Crippen LogP contribution in [-0.2, 0) is 16.6 Å². The first-order chi connectivity index (χ1) is 12.9. The van der Waals surface area contributed by atoms with Gasteiger partial charge in [0, 0.05) is 12.0 Å². The van der Waals surface area contributed by atoms with Gasteiger partial charge in [-0.2, -0.15) is 0 Å². The molecular weight excluding hydrogens is 374 g/mol. The van der Waals surface area contributed by atoms with Crippen LogP contribution in [0.25, 0.3) is 0 Å². The second-order valence-electron chi connectivity index (χ2n) is 6.77. The molecule has 2 fully saturated rings. The maximum absolute atomic E-state index is 12.7. The van der Waals surface area contributed by atoms with E-state index in [2.05, 4.69) is 14.9 Å². The maximum atomic E-state index is 12.7. The van der Waals surface area contributed by atoms with Gasteiger partial charge in [-0.3, -0.25) is 10.1 Å². The first-order valence-corrected chi connectivity index (χ1v) is 10.1. The van der Waals surface area contributed by atoms with Crippen molar-refractivity contribution in [3.05, 3.63) is 40.0 Å². The number of hydrogen-bond donors (Lipinski definition) is 1. The molecule has 0 unspecified atom stereocenters. The van der Waals surface area contributed by atoms with E-state index in [4.69, 9.17) is 4.74 Å². The molecule has 0 amide bonds. The fraction of sp³-hybridized carbons (Fsp3) is 0.500. The molecule has 1 heterocycles. The van der Waals surface area contributed by atoms with Crippen molar-refractivity contribution in [2.24, 2.45) is 0 Å². The summed E-state index contributed by atoms with van der Waals surface area (Å²) in [5.74, 6) is 2.08. The van der Waals surface area contributed by atoms with Crippen LogP contribution in [0.15, 0.2) is 23.1 Å². The van der Waals surface area contributed by atoms with Crippen molar-refractivity contribution in [1.29, 1.82) is 0 Å². The molecule has 0 atom stereocenters. The van der Waals surface area contributed by atoms with E-state index in [1.54, 1.807) is 0 Å². The lowest BCUT2D eigenvalue weighted by atomic mass is 10.3. The van der Waals surface area contributed by atoms with E-state index in [1.807, 2.05) is 4.57 Å². The fourth-order valence-corrected chi connectivity index (χ4v) is 4.17. The van der Waals surface area contributed by atoms with Gasteiger partial charge < -0.3 is 9.30 Å².